The molecule has 15 heavy (non-hydrogen) atoms. The molecule has 0 saturated heterocycles. The van der Waals surface area contributed by atoms with Gasteiger partial charge in [-0.2, -0.15) is 0 Å². The standard InChI is InChI=1S/C11H13BrO3/c12-10-3-1-8(2-4-10)7-9(5-6-13)11(14)15/h1-4,9,13H,5-7H2,(H,14,15). The third-order valence-corrected chi connectivity index (χ3v) is 2.75. The van der Waals surface area contributed by atoms with Gasteiger partial charge >= 0.3 is 5.97 Å². The molecule has 2 N–H and O–H groups in total. The molecule has 0 spiro atoms. The van der Waals surface area contributed by atoms with Gasteiger partial charge in [-0.1, -0.05) is 28.1 Å². The first-order valence-corrected chi connectivity index (χ1v) is 5.51. The number of carboxylic acid groups (broad SMARTS) is 1. The van der Waals surface area contributed by atoms with Crippen LogP contribution in [-0.2, 0) is 11.2 Å². The molecule has 82 valence electrons. The lowest BCUT2D eigenvalue weighted by atomic mass is 9.97. The smallest absolute Gasteiger partial charge is 0.306 e. The van der Waals surface area contributed by atoms with Gasteiger partial charge in [0, 0.05) is 11.1 Å². The summed E-state index contributed by atoms with van der Waals surface area (Å²) in [6.07, 6.45) is 0.759. The van der Waals surface area contributed by atoms with Crippen LogP contribution < -0.4 is 0 Å². The molecule has 1 aromatic carbocycles. The molecule has 0 bridgehead atoms. The molecule has 3 nitrogen and oxygen atoms in total. The molecular formula is C11H13BrO3. The molecule has 0 aromatic heterocycles. The second-order valence-electron chi connectivity index (χ2n) is 3.38. The van der Waals surface area contributed by atoms with Gasteiger partial charge in [0.25, 0.3) is 0 Å². The van der Waals surface area contributed by atoms with Gasteiger partial charge in [0.2, 0.25) is 0 Å². The van der Waals surface area contributed by atoms with Crippen molar-refractivity contribution in [2.24, 2.45) is 5.92 Å². The fourth-order valence-corrected chi connectivity index (χ4v) is 1.64. The Morgan fingerprint density at radius 2 is 1.93 bits per heavy atom. The third-order valence-electron chi connectivity index (χ3n) is 2.22. The predicted molar refractivity (Wildman–Crippen MR) is 60.7 cm³/mol. The van der Waals surface area contributed by atoms with Crippen molar-refractivity contribution in [2.45, 2.75) is 12.8 Å². The largest absolute Gasteiger partial charge is 0.481 e. The van der Waals surface area contributed by atoms with Crippen LogP contribution >= 0.6 is 15.9 Å². The van der Waals surface area contributed by atoms with Crippen molar-refractivity contribution in [1.29, 1.82) is 0 Å². The lowest BCUT2D eigenvalue weighted by Gasteiger charge is -2.10. The van der Waals surface area contributed by atoms with E-state index in [0.717, 1.165) is 10.0 Å². The summed E-state index contributed by atoms with van der Waals surface area (Å²) < 4.78 is 0.972. The molecule has 0 radical (unpaired) electrons. The first-order chi connectivity index (χ1) is 7.13. The highest BCUT2D eigenvalue weighted by atomic mass is 79.9. The molecule has 1 rings (SSSR count). The average molecular weight is 273 g/mol. The molecule has 0 aliphatic carbocycles. The summed E-state index contributed by atoms with van der Waals surface area (Å²) in [6.45, 7) is -0.0898. The van der Waals surface area contributed by atoms with Crippen LogP contribution in [0, 0.1) is 5.92 Å². The van der Waals surface area contributed by atoms with Crippen molar-refractivity contribution >= 4 is 21.9 Å². The Hall–Kier alpha value is -0.870. The third kappa shape index (κ3) is 4.01. The summed E-state index contributed by atoms with van der Waals surface area (Å²) in [5.41, 5.74) is 0.971. The Labute approximate surface area is 96.9 Å². The second-order valence-corrected chi connectivity index (χ2v) is 4.29. The summed E-state index contributed by atoms with van der Waals surface area (Å²) in [5.74, 6) is -1.36. The highest BCUT2D eigenvalue weighted by Gasteiger charge is 2.16. The lowest BCUT2D eigenvalue weighted by Crippen LogP contribution is -2.17. The van der Waals surface area contributed by atoms with Crippen LogP contribution in [0.25, 0.3) is 0 Å². The average Bonchev–Trinajstić information content (AvgIpc) is 2.20. The van der Waals surface area contributed by atoms with Crippen molar-refractivity contribution in [3.8, 4) is 0 Å². The normalized spacial score (nSPS) is 12.4. The minimum Gasteiger partial charge on any atom is -0.481 e. The number of aliphatic hydroxyl groups is 1. The molecule has 0 fully saturated rings. The number of halogens is 1. The zero-order chi connectivity index (χ0) is 11.3. The van der Waals surface area contributed by atoms with Crippen molar-refractivity contribution in [3.63, 3.8) is 0 Å². The van der Waals surface area contributed by atoms with Crippen LogP contribution in [0.2, 0.25) is 0 Å². The Bertz CT molecular complexity index is 321. The fourth-order valence-electron chi connectivity index (χ4n) is 1.37. The highest BCUT2D eigenvalue weighted by Crippen LogP contribution is 2.15. The zero-order valence-electron chi connectivity index (χ0n) is 8.19. The maximum atomic E-state index is 10.8. The Balaban J connectivity index is 2.65. The van der Waals surface area contributed by atoms with E-state index in [1.165, 1.54) is 0 Å². The molecule has 1 unspecified atom stereocenters. The zero-order valence-corrected chi connectivity index (χ0v) is 9.77. The minimum absolute atomic E-state index is 0.0898. The van der Waals surface area contributed by atoms with Crippen LogP contribution in [0.5, 0.6) is 0 Å². The summed E-state index contributed by atoms with van der Waals surface area (Å²) in [7, 11) is 0. The van der Waals surface area contributed by atoms with Gasteiger partial charge in [-0.15, -0.1) is 0 Å². The van der Waals surface area contributed by atoms with Gasteiger partial charge < -0.3 is 10.2 Å². The van der Waals surface area contributed by atoms with Gasteiger partial charge in [0.15, 0.2) is 0 Å². The van der Waals surface area contributed by atoms with E-state index in [9.17, 15) is 4.79 Å². The number of rotatable bonds is 5. The Morgan fingerprint density at radius 3 is 2.40 bits per heavy atom. The molecular weight excluding hydrogens is 260 g/mol. The quantitative estimate of drug-likeness (QED) is 0.863. The number of carbonyl (C=O) groups is 1. The van der Waals surface area contributed by atoms with Crippen LogP contribution in [0.1, 0.15) is 12.0 Å². The van der Waals surface area contributed by atoms with Crippen molar-refractivity contribution in [2.75, 3.05) is 6.61 Å². The summed E-state index contributed by atoms with van der Waals surface area (Å²) in [6, 6.07) is 7.54. The number of hydrogen-bond acceptors (Lipinski definition) is 2. The van der Waals surface area contributed by atoms with Crippen LogP contribution in [-0.4, -0.2) is 22.8 Å². The first kappa shape index (κ1) is 12.2. The molecule has 1 aromatic rings. The van der Waals surface area contributed by atoms with Crippen LogP contribution in [0.4, 0.5) is 0 Å². The van der Waals surface area contributed by atoms with Gasteiger partial charge in [0.1, 0.15) is 0 Å². The molecule has 0 heterocycles. The van der Waals surface area contributed by atoms with Crippen molar-refractivity contribution in [3.05, 3.63) is 34.3 Å². The van der Waals surface area contributed by atoms with E-state index in [1.807, 2.05) is 24.3 Å². The minimum atomic E-state index is -0.855. The van der Waals surface area contributed by atoms with Gasteiger partial charge in [-0.05, 0) is 30.5 Å². The van der Waals surface area contributed by atoms with E-state index in [-0.39, 0.29) is 6.61 Å². The van der Waals surface area contributed by atoms with Crippen LogP contribution in [0.3, 0.4) is 0 Å². The Kier molecular flexibility index (Phi) is 4.78. The SMILES string of the molecule is O=C(O)C(CCO)Cc1ccc(Br)cc1. The lowest BCUT2D eigenvalue weighted by molar-refractivity contribution is -0.142. The first-order valence-electron chi connectivity index (χ1n) is 4.71. The van der Waals surface area contributed by atoms with Crippen molar-refractivity contribution in [1.82, 2.24) is 0 Å². The van der Waals surface area contributed by atoms with E-state index < -0.39 is 11.9 Å². The van der Waals surface area contributed by atoms with E-state index in [4.69, 9.17) is 10.2 Å². The fraction of sp³-hybridized carbons (Fsp3) is 0.364. The number of benzene rings is 1. The number of aliphatic hydroxyl groups excluding tert-OH is 1. The monoisotopic (exact) mass is 272 g/mol. The van der Waals surface area contributed by atoms with E-state index in [0.29, 0.717) is 12.8 Å². The summed E-state index contributed by atoms with van der Waals surface area (Å²) in [5, 5.41) is 17.6. The number of carboxylic acids is 1. The highest BCUT2D eigenvalue weighted by molar-refractivity contribution is 9.10. The van der Waals surface area contributed by atoms with Gasteiger partial charge in [-0.3, -0.25) is 4.79 Å². The predicted octanol–water partition coefficient (Wildman–Crippen LogP) is 2.07. The van der Waals surface area contributed by atoms with E-state index >= 15 is 0 Å². The number of aliphatic carboxylic acids is 1. The van der Waals surface area contributed by atoms with Crippen molar-refractivity contribution < 1.29 is 15.0 Å². The molecule has 4 heteroatoms. The molecule has 0 amide bonds. The summed E-state index contributed by atoms with van der Waals surface area (Å²) in [4.78, 5) is 10.8. The number of hydrogen-bond donors (Lipinski definition) is 2. The molecule has 1 atom stereocenters. The molecule has 0 aliphatic rings. The maximum Gasteiger partial charge on any atom is 0.306 e. The Morgan fingerprint density at radius 1 is 1.33 bits per heavy atom. The molecule has 0 aliphatic heterocycles. The van der Waals surface area contributed by atoms with Crippen LogP contribution in [0.15, 0.2) is 28.7 Å². The summed E-state index contributed by atoms with van der Waals surface area (Å²) >= 11 is 3.32. The second kappa shape index (κ2) is 5.88. The van der Waals surface area contributed by atoms with E-state index in [2.05, 4.69) is 15.9 Å². The maximum absolute atomic E-state index is 10.8. The van der Waals surface area contributed by atoms with E-state index in [1.54, 1.807) is 0 Å². The molecule has 0 saturated carbocycles. The topological polar surface area (TPSA) is 57.5 Å². The van der Waals surface area contributed by atoms with Gasteiger partial charge in [-0.25, -0.2) is 0 Å². The van der Waals surface area contributed by atoms with Gasteiger partial charge in [0.05, 0.1) is 5.92 Å².